The maximum absolute atomic E-state index is 12.1. The Morgan fingerprint density at radius 3 is 2.36 bits per heavy atom. The van der Waals surface area contributed by atoms with Gasteiger partial charge in [0.05, 0.1) is 0 Å². The molecule has 14 heavy (non-hydrogen) atoms. The molecule has 0 aliphatic heterocycles. The summed E-state index contributed by atoms with van der Waals surface area (Å²) in [6.45, 7) is -0.0536. The molecule has 1 aromatic rings. The van der Waals surface area contributed by atoms with E-state index < -0.39 is 24.8 Å². The summed E-state index contributed by atoms with van der Waals surface area (Å²) in [5.74, 6) is 0. The third kappa shape index (κ3) is 2.68. The normalized spacial score (nSPS) is 12.5. The van der Waals surface area contributed by atoms with Crippen molar-refractivity contribution in [2.45, 2.75) is 26.1 Å². The van der Waals surface area contributed by atoms with E-state index in [9.17, 15) is 22.0 Å². The summed E-state index contributed by atoms with van der Waals surface area (Å²) in [7, 11) is 0. The average molecular weight is 214 g/mol. The first-order chi connectivity index (χ1) is 6.29. The SMILES string of the molecule is Cc1cn(CC(F)(F)F)nc1C(F)F. The van der Waals surface area contributed by atoms with Gasteiger partial charge in [-0.2, -0.15) is 18.3 Å². The Kier molecular flexibility index (Phi) is 2.77. The monoisotopic (exact) mass is 214 g/mol. The molecule has 0 bridgehead atoms. The van der Waals surface area contributed by atoms with Crippen LogP contribution in [0.4, 0.5) is 22.0 Å². The van der Waals surface area contributed by atoms with E-state index >= 15 is 0 Å². The Morgan fingerprint density at radius 2 is 2.00 bits per heavy atom. The fraction of sp³-hybridized carbons (Fsp3) is 0.571. The molecule has 0 aromatic carbocycles. The lowest BCUT2D eigenvalue weighted by molar-refractivity contribution is -0.142. The zero-order valence-electron chi connectivity index (χ0n) is 7.15. The van der Waals surface area contributed by atoms with Crippen molar-refractivity contribution < 1.29 is 22.0 Å². The third-order valence-electron chi connectivity index (χ3n) is 1.53. The van der Waals surface area contributed by atoms with Crippen LogP contribution in [0.3, 0.4) is 0 Å². The van der Waals surface area contributed by atoms with E-state index in [0.717, 1.165) is 6.20 Å². The highest BCUT2D eigenvalue weighted by Crippen LogP contribution is 2.22. The van der Waals surface area contributed by atoms with Crippen LogP contribution in [-0.4, -0.2) is 16.0 Å². The van der Waals surface area contributed by atoms with Gasteiger partial charge in [-0.3, -0.25) is 4.68 Å². The number of aryl methyl sites for hydroxylation is 1. The molecule has 0 spiro atoms. The van der Waals surface area contributed by atoms with Crippen molar-refractivity contribution >= 4 is 0 Å². The van der Waals surface area contributed by atoms with E-state index in [2.05, 4.69) is 5.10 Å². The standard InChI is InChI=1S/C7H7F5N2/c1-4-2-14(3-7(10,11)12)13-5(4)6(8)9/h2,6H,3H2,1H3. The van der Waals surface area contributed by atoms with Gasteiger partial charge in [-0.05, 0) is 12.5 Å². The van der Waals surface area contributed by atoms with Crippen LogP contribution < -0.4 is 0 Å². The van der Waals surface area contributed by atoms with Crippen LogP contribution in [0.15, 0.2) is 6.20 Å². The summed E-state index contributed by atoms with van der Waals surface area (Å²) in [5, 5.41) is 3.14. The van der Waals surface area contributed by atoms with Crippen LogP contribution >= 0.6 is 0 Å². The maximum Gasteiger partial charge on any atom is 0.408 e. The fourth-order valence-electron chi connectivity index (χ4n) is 1.02. The van der Waals surface area contributed by atoms with E-state index in [0.29, 0.717) is 4.68 Å². The topological polar surface area (TPSA) is 17.8 Å². The van der Waals surface area contributed by atoms with Crippen LogP contribution in [0.1, 0.15) is 17.7 Å². The summed E-state index contributed by atoms with van der Waals surface area (Å²) < 4.78 is 60.2. The highest BCUT2D eigenvalue weighted by molar-refractivity contribution is 5.15. The van der Waals surface area contributed by atoms with Crippen molar-refractivity contribution in [2.75, 3.05) is 0 Å². The van der Waals surface area contributed by atoms with Crippen molar-refractivity contribution in [1.82, 2.24) is 9.78 Å². The first-order valence-corrected chi connectivity index (χ1v) is 3.68. The number of nitrogens with zero attached hydrogens (tertiary/aromatic N) is 2. The molecule has 2 nitrogen and oxygen atoms in total. The minimum atomic E-state index is -4.45. The van der Waals surface area contributed by atoms with Crippen LogP contribution in [0.5, 0.6) is 0 Å². The van der Waals surface area contributed by atoms with Crippen LogP contribution in [0.2, 0.25) is 0 Å². The van der Waals surface area contributed by atoms with Gasteiger partial charge in [0.2, 0.25) is 0 Å². The summed E-state index contributed by atoms with van der Waals surface area (Å²) in [5.41, 5.74) is -0.543. The van der Waals surface area contributed by atoms with Crippen LogP contribution in [0.25, 0.3) is 0 Å². The second kappa shape index (κ2) is 3.55. The Morgan fingerprint density at radius 1 is 1.43 bits per heavy atom. The quantitative estimate of drug-likeness (QED) is 0.692. The molecule has 7 heteroatoms. The molecule has 0 unspecified atom stereocenters. The molecule has 0 N–H and O–H groups in total. The summed E-state index contributed by atoms with van der Waals surface area (Å²) in [6.07, 6.45) is -6.34. The van der Waals surface area contributed by atoms with Gasteiger partial charge in [-0.15, -0.1) is 0 Å². The summed E-state index contributed by atoms with van der Waals surface area (Å²) >= 11 is 0. The van der Waals surface area contributed by atoms with E-state index in [1.165, 1.54) is 6.92 Å². The molecule has 0 atom stereocenters. The predicted molar refractivity (Wildman–Crippen MR) is 38.0 cm³/mol. The molecule has 0 amide bonds. The Labute approximate surface area is 76.3 Å². The molecule has 0 aliphatic rings. The lowest BCUT2D eigenvalue weighted by atomic mass is 10.3. The molecule has 0 radical (unpaired) electrons. The molecule has 1 aromatic heterocycles. The van der Waals surface area contributed by atoms with Gasteiger partial charge < -0.3 is 0 Å². The smallest absolute Gasteiger partial charge is 0.263 e. The summed E-state index contributed by atoms with van der Waals surface area (Å²) in [4.78, 5) is 0. The number of hydrogen-bond acceptors (Lipinski definition) is 1. The third-order valence-corrected chi connectivity index (χ3v) is 1.53. The van der Waals surface area contributed by atoms with Crippen molar-refractivity contribution in [3.8, 4) is 0 Å². The molecule has 0 saturated heterocycles. The molecule has 0 fully saturated rings. The largest absolute Gasteiger partial charge is 0.408 e. The lowest BCUT2D eigenvalue weighted by Gasteiger charge is -2.05. The molecule has 0 saturated carbocycles. The van der Waals surface area contributed by atoms with Crippen molar-refractivity contribution in [2.24, 2.45) is 0 Å². The second-order valence-corrected chi connectivity index (χ2v) is 2.81. The maximum atomic E-state index is 12.1. The molecule has 80 valence electrons. The first-order valence-electron chi connectivity index (χ1n) is 3.68. The van der Waals surface area contributed by atoms with Crippen LogP contribution in [0, 0.1) is 6.92 Å². The highest BCUT2D eigenvalue weighted by atomic mass is 19.4. The van der Waals surface area contributed by atoms with E-state index in [-0.39, 0.29) is 5.56 Å². The lowest BCUT2D eigenvalue weighted by Crippen LogP contribution is -2.18. The molecule has 1 heterocycles. The fourth-order valence-corrected chi connectivity index (χ4v) is 1.02. The zero-order chi connectivity index (χ0) is 10.9. The predicted octanol–water partition coefficient (Wildman–Crippen LogP) is 2.69. The molecule has 0 aliphatic carbocycles. The zero-order valence-corrected chi connectivity index (χ0v) is 7.15. The number of hydrogen-bond donors (Lipinski definition) is 0. The highest BCUT2D eigenvalue weighted by Gasteiger charge is 2.29. The number of halogens is 5. The van der Waals surface area contributed by atoms with E-state index in [1.54, 1.807) is 0 Å². The van der Waals surface area contributed by atoms with Gasteiger partial charge in [-0.25, -0.2) is 8.78 Å². The summed E-state index contributed by atoms with van der Waals surface area (Å²) in [6, 6.07) is 0. The average Bonchev–Trinajstić information content (AvgIpc) is 2.26. The Hall–Kier alpha value is -1.14. The van der Waals surface area contributed by atoms with Crippen molar-refractivity contribution in [3.63, 3.8) is 0 Å². The molecule has 1 rings (SSSR count). The number of rotatable bonds is 2. The number of aromatic nitrogens is 2. The Balaban J connectivity index is 2.86. The number of alkyl halides is 5. The Bertz CT molecular complexity index is 314. The van der Waals surface area contributed by atoms with Crippen LogP contribution in [-0.2, 0) is 6.54 Å². The minimum absolute atomic E-state index is 0.0595. The van der Waals surface area contributed by atoms with Crippen molar-refractivity contribution in [3.05, 3.63) is 17.5 Å². The van der Waals surface area contributed by atoms with Gasteiger partial charge in [0, 0.05) is 6.20 Å². The van der Waals surface area contributed by atoms with Gasteiger partial charge >= 0.3 is 6.18 Å². The van der Waals surface area contributed by atoms with Crippen molar-refractivity contribution in [1.29, 1.82) is 0 Å². The minimum Gasteiger partial charge on any atom is -0.263 e. The van der Waals surface area contributed by atoms with E-state index in [4.69, 9.17) is 0 Å². The van der Waals surface area contributed by atoms with Gasteiger partial charge in [0.25, 0.3) is 6.43 Å². The molecular formula is C7H7F5N2. The first kappa shape index (κ1) is 10.9. The second-order valence-electron chi connectivity index (χ2n) is 2.81. The van der Waals surface area contributed by atoms with Gasteiger partial charge in [0.1, 0.15) is 12.2 Å². The van der Waals surface area contributed by atoms with Gasteiger partial charge in [0.15, 0.2) is 0 Å². The molecular weight excluding hydrogens is 207 g/mol. The van der Waals surface area contributed by atoms with E-state index in [1.807, 2.05) is 0 Å². The van der Waals surface area contributed by atoms with Gasteiger partial charge in [-0.1, -0.05) is 0 Å².